The number of amides is 1. The van der Waals surface area contributed by atoms with Crippen LogP contribution in [0.4, 0.5) is 0 Å². The fraction of sp³-hybridized carbons (Fsp3) is 0.923. The van der Waals surface area contributed by atoms with E-state index in [1.165, 1.54) is 6.42 Å². The molecule has 1 aliphatic rings. The molecule has 94 valence electrons. The van der Waals surface area contributed by atoms with Gasteiger partial charge in [-0.2, -0.15) is 0 Å². The SMILES string of the molecule is CCCCC(CC)C(=O)NCC1(N)CCC1. The summed E-state index contributed by atoms with van der Waals surface area (Å²) in [6.45, 7) is 4.91. The van der Waals surface area contributed by atoms with E-state index in [0.717, 1.165) is 38.5 Å². The molecule has 0 radical (unpaired) electrons. The van der Waals surface area contributed by atoms with Crippen molar-refractivity contribution in [3.63, 3.8) is 0 Å². The van der Waals surface area contributed by atoms with Crippen LogP contribution in [0.15, 0.2) is 0 Å². The highest BCUT2D eigenvalue weighted by Crippen LogP contribution is 2.28. The first-order valence-corrected chi connectivity index (χ1v) is 6.68. The average Bonchev–Trinajstić information content (AvgIpc) is 2.24. The summed E-state index contributed by atoms with van der Waals surface area (Å²) in [4.78, 5) is 11.9. The molecule has 0 aromatic carbocycles. The quantitative estimate of drug-likeness (QED) is 0.699. The lowest BCUT2D eigenvalue weighted by Crippen LogP contribution is -2.55. The number of hydrogen-bond donors (Lipinski definition) is 2. The second-order valence-electron chi connectivity index (χ2n) is 5.18. The van der Waals surface area contributed by atoms with Crippen LogP contribution in [-0.4, -0.2) is 18.0 Å². The Labute approximate surface area is 99.2 Å². The number of unbranched alkanes of at least 4 members (excludes halogenated alkanes) is 1. The third-order valence-electron chi connectivity index (χ3n) is 3.73. The van der Waals surface area contributed by atoms with Gasteiger partial charge in [0.25, 0.3) is 0 Å². The molecular weight excluding hydrogens is 200 g/mol. The van der Waals surface area contributed by atoms with Gasteiger partial charge in [-0.15, -0.1) is 0 Å². The van der Waals surface area contributed by atoms with E-state index in [-0.39, 0.29) is 17.4 Å². The second-order valence-corrected chi connectivity index (χ2v) is 5.18. The van der Waals surface area contributed by atoms with Gasteiger partial charge in [0.05, 0.1) is 0 Å². The minimum absolute atomic E-state index is 0.0985. The van der Waals surface area contributed by atoms with Gasteiger partial charge >= 0.3 is 0 Å². The van der Waals surface area contributed by atoms with E-state index in [9.17, 15) is 4.79 Å². The van der Waals surface area contributed by atoms with E-state index in [1.54, 1.807) is 0 Å². The largest absolute Gasteiger partial charge is 0.354 e. The smallest absolute Gasteiger partial charge is 0.223 e. The Kier molecular flexibility index (Phi) is 5.26. The highest BCUT2D eigenvalue weighted by Gasteiger charge is 2.33. The third-order valence-corrected chi connectivity index (χ3v) is 3.73. The number of carbonyl (C=O) groups is 1. The van der Waals surface area contributed by atoms with Crippen molar-refractivity contribution in [3.05, 3.63) is 0 Å². The minimum atomic E-state index is -0.0985. The highest BCUT2D eigenvalue weighted by molar-refractivity contribution is 5.78. The van der Waals surface area contributed by atoms with Gasteiger partial charge in [-0.05, 0) is 32.1 Å². The van der Waals surface area contributed by atoms with Crippen LogP contribution in [0.1, 0.15) is 58.8 Å². The number of rotatable bonds is 7. The Bertz CT molecular complexity index is 224. The van der Waals surface area contributed by atoms with Gasteiger partial charge in [-0.3, -0.25) is 4.79 Å². The summed E-state index contributed by atoms with van der Waals surface area (Å²) in [7, 11) is 0. The average molecular weight is 226 g/mol. The number of carbonyl (C=O) groups excluding carboxylic acids is 1. The van der Waals surface area contributed by atoms with Crippen LogP contribution in [0.5, 0.6) is 0 Å². The summed E-state index contributed by atoms with van der Waals surface area (Å²) in [6, 6.07) is 0. The Morgan fingerprint density at radius 1 is 1.44 bits per heavy atom. The normalized spacial score (nSPS) is 19.9. The summed E-state index contributed by atoms with van der Waals surface area (Å²) in [5, 5.41) is 3.02. The zero-order chi connectivity index (χ0) is 12.0. The van der Waals surface area contributed by atoms with E-state index in [1.807, 2.05) is 0 Å². The molecule has 1 saturated carbocycles. The minimum Gasteiger partial charge on any atom is -0.354 e. The van der Waals surface area contributed by atoms with Crippen molar-refractivity contribution in [2.45, 2.75) is 64.3 Å². The van der Waals surface area contributed by atoms with Gasteiger partial charge in [-0.25, -0.2) is 0 Å². The van der Waals surface area contributed by atoms with Crippen LogP contribution in [0.3, 0.4) is 0 Å². The first kappa shape index (κ1) is 13.5. The van der Waals surface area contributed by atoms with Crippen LogP contribution >= 0.6 is 0 Å². The maximum absolute atomic E-state index is 11.9. The molecule has 0 spiro atoms. The molecule has 1 unspecified atom stereocenters. The van der Waals surface area contributed by atoms with Gasteiger partial charge in [0, 0.05) is 18.0 Å². The molecule has 3 nitrogen and oxygen atoms in total. The van der Waals surface area contributed by atoms with Gasteiger partial charge < -0.3 is 11.1 Å². The molecular formula is C13H26N2O. The van der Waals surface area contributed by atoms with Crippen LogP contribution in [-0.2, 0) is 4.79 Å². The molecule has 0 aromatic rings. The van der Waals surface area contributed by atoms with E-state index in [4.69, 9.17) is 5.73 Å². The molecule has 0 bridgehead atoms. The van der Waals surface area contributed by atoms with Crippen molar-refractivity contribution < 1.29 is 4.79 Å². The molecule has 0 aliphatic heterocycles. The van der Waals surface area contributed by atoms with Gasteiger partial charge in [-0.1, -0.05) is 26.7 Å². The van der Waals surface area contributed by atoms with Gasteiger partial charge in [0.15, 0.2) is 0 Å². The van der Waals surface area contributed by atoms with E-state index in [2.05, 4.69) is 19.2 Å². The Hall–Kier alpha value is -0.570. The summed E-state index contributed by atoms with van der Waals surface area (Å²) in [5.74, 6) is 0.385. The molecule has 0 heterocycles. The molecule has 1 amide bonds. The van der Waals surface area contributed by atoms with Crippen molar-refractivity contribution in [2.75, 3.05) is 6.54 Å². The Balaban J connectivity index is 2.25. The van der Waals surface area contributed by atoms with E-state index < -0.39 is 0 Å². The number of hydrogen-bond acceptors (Lipinski definition) is 2. The van der Waals surface area contributed by atoms with Crippen molar-refractivity contribution in [2.24, 2.45) is 11.7 Å². The predicted octanol–water partition coefficient (Wildman–Crippen LogP) is 2.20. The second kappa shape index (κ2) is 6.24. The fourth-order valence-corrected chi connectivity index (χ4v) is 2.19. The highest BCUT2D eigenvalue weighted by atomic mass is 16.1. The summed E-state index contributed by atoms with van der Waals surface area (Å²) in [6.07, 6.45) is 7.56. The third kappa shape index (κ3) is 3.78. The number of nitrogens with two attached hydrogens (primary N) is 1. The maximum atomic E-state index is 11.9. The lowest BCUT2D eigenvalue weighted by Gasteiger charge is -2.38. The lowest BCUT2D eigenvalue weighted by atomic mass is 9.77. The van der Waals surface area contributed by atoms with Gasteiger partial charge in [0.1, 0.15) is 0 Å². The summed E-state index contributed by atoms with van der Waals surface area (Å²) in [5.41, 5.74) is 5.98. The Morgan fingerprint density at radius 2 is 2.12 bits per heavy atom. The maximum Gasteiger partial charge on any atom is 0.223 e. The van der Waals surface area contributed by atoms with Crippen LogP contribution in [0, 0.1) is 5.92 Å². The van der Waals surface area contributed by atoms with Crippen molar-refractivity contribution in [3.8, 4) is 0 Å². The molecule has 1 rings (SSSR count). The molecule has 0 saturated heterocycles. The van der Waals surface area contributed by atoms with E-state index in [0.29, 0.717) is 6.54 Å². The van der Waals surface area contributed by atoms with Crippen LogP contribution in [0.25, 0.3) is 0 Å². The first-order valence-electron chi connectivity index (χ1n) is 6.68. The molecule has 3 N–H and O–H groups in total. The molecule has 1 aliphatic carbocycles. The molecule has 3 heteroatoms. The number of nitrogens with one attached hydrogen (secondary N) is 1. The molecule has 16 heavy (non-hydrogen) atoms. The zero-order valence-electron chi connectivity index (χ0n) is 10.7. The summed E-state index contributed by atoms with van der Waals surface area (Å²) >= 11 is 0. The monoisotopic (exact) mass is 226 g/mol. The summed E-state index contributed by atoms with van der Waals surface area (Å²) < 4.78 is 0. The molecule has 0 aromatic heterocycles. The Morgan fingerprint density at radius 3 is 2.56 bits per heavy atom. The standard InChI is InChI=1S/C13H26N2O/c1-3-5-7-11(4-2)12(16)15-10-13(14)8-6-9-13/h11H,3-10,14H2,1-2H3,(H,15,16). The van der Waals surface area contributed by atoms with E-state index >= 15 is 0 Å². The zero-order valence-corrected chi connectivity index (χ0v) is 10.7. The molecule has 1 fully saturated rings. The lowest BCUT2D eigenvalue weighted by molar-refractivity contribution is -0.125. The van der Waals surface area contributed by atoms with Gasteiger partial charge in [0.2, 0.25) is 5.91 Å². The van der Waals surface area contributed by atoms with Crippen LogP contribution < -0.4 is 11.1 Å². The topological polar surface area (TPSA) is 55.1 Å². The van der Waals surface area contributed by atoms with Crippen LogP contribution in [0.2, 0.25) is 0 Å². The van der Waals surface area contributed by atoms with Crippen molar-refractivity contribution >= 4 is 5.91 Å². The predicted molar refractivity (Wildman–Crippen MR) is 67.1 cm³/mol. The molecule has 1 atom stereocenters. The van der Waals surface area contributed by atoms with Crippen molar-refractivity contribution in [1.82, 2.24) is 5.32 Å². The van der Waals surface area contributed by atoms with Crippen molar-refractivity contribution in [1.29, 1.82) is 0 Å². The first-order chi connectivity index (χ1) is 7.61. The fourth-order valence-electron chi connectivity index (χ4n) is 2.19.